The number of aryl methyl sites for hydroxylation is 1. The van der Waals surface area contributed by atoms with E-state index in [2.05, 4.69) is 20.7 Å². The molecule has 1 aromatic carbocycles. The molecule has 9 heteroatoms. The summed E-state index contributed by atoms with van der Waals surface area (Å²) in [6, 6.07) is 14.0. The van der Waals surface area contributed by atoms with Crippen LogP contribution >= 0.6 is 0 Å². The zero-order valence-electron chi connectivity index (χ0n) is 22.7. The molecule has 2 atom stereocenters. The fraction of sp³-hybridized carbons (Fsp3) is 0.414. The molecule has 0 saturated carbocycles. The number of alkyl carbamates (subject to hydrolysis) is 1. The molecule has 0 radical (unpaired) electrons. The average Bonchev–Trinajstić information content (AvgIpc) is 3.34. The lowest BCUT2D eigenvalue weighted by Crippen LogP contribution is -2.48. The number of hydrogen-bond donors (Lipinski definition) is 2. The molecule has 38 heavy (non-hydrogen) atoms. The van der Waals surface area contributed by atoms with E-state index in [0.717, 1.165) is 17.7 Å². The van der Waals surface area contributed by atoms with Gasteiger partial charge in [0.15, 0.2) is 0 Å². The van der Waals surface area contributed by atoms with E-state index in [4.69, 9.17) is 4.74 Å². The minimum atomic E-state index is -1.01. The SMILES string of the molecule is CCCC[C@H](NC(=O)O[C@H](Cn1ccc(-c2ccc(C)cc2)n1)C(C)(C)C)C(=O)C(=O)Nc1ccccn1. The van der Waals surface area contributed by atoms with Crippen molar-refractivity contribution in [3.63, 3.8) is 0 Å². The maximum atomic E-state index is 12.9. The number of benzene rings is 1. The lowest BCUT2D eigenvalue weighted by molar-refractivity contribution is -0.136. The number of aromatic nitrogens is 3. The van der Waals surface area contributed by atoms with E-state index in [1.165, 1.54) is 11.8 Å². The standard InChI is InChI=1S/C29H37N5O4/c1-6-7-10-23(26(35)27(36)32-25-11-8-9-17-30-25)31-28(37)38-24(29(3,4)5)19-34-18-16-22(33-34)21-14-12-20(2)13-15-21/h8-9,11-18,23-24H,6-7,10,19H2,1-5H3,(H,31,37)(H,30,32,36)/t23-,24+/m0/s1. The fourth-order valence-electron chi connectivity index (χ4n) is 3.75. The van der Waals surface area contributed by atoms with Crippen molar-refractivity contribution >= 4 is 23.6 Å². The van der Waals surface area contributed by atoms with Crippen molar-refractivity contribution in [1.82, 2.24) is 20.1 Å². The molecule has 2 N–H and O–H groups in total. The number of pyridine rings is 1. The van der Waals surface area contributed by atoms with Gasteiger partial charge in [0.05, 0.1) is 12.2 Å². The predicted octanol–water partition coefficient (Wildman–Crippen LogP) is 5.16. The first-order chi connectivity index (χ1) is 18.1. The van der Waals surface area contributed by atoms with Crippen LogP contribution in [0.3, 0.4) is 0 Å². The molecular weight excluding hydrogens is 482 g/mol. The minimum absolute atomic E-state index is 0.264. The highest BCUT2D eigenvalue weighted by atomic mass is 16.6. The van der Waals surface area contributed by atoms with Crippen LogP contribution < -0.4 is 10.6 Å². The van der Waals surface area contributed by atoms with Crippen LogP contribution in [0.25, 0.3) is 11.3 Å². The molecule has 0 unspecified atom stereocenters. The van der Waals surface area contributed by atoms with E-state index < -0.39 is 35.3 Å². The number of rotatable bonds is 11. The molecule has 3 rings (SSSR count). The number of ether oxygens (including phenoxy) is 1. The number of anilines is 1. The average molecular weight is 520 g/mol. The van der Waals surface area contributed by atoms with Crippen molar-refractivity contribution in [2.24, 2.45) is 5.41 Å². The summed E-state index contributed by atoms with van der Waals surface area (Å²) in [5.74, 6) is -1.32. The molecule has 202 valence electrons. The largest absolute Gasteiger partial charge is 0.444 e. The van der Waals surface area contributed by atoms with Gasteiger partial charge >= 0.3 is 6.09 Å². The van der Waals surface area contributed by atoms with Gasteiger partial charge in [0.2, 0.25) is 5.78 Å². The molecule has 9 nitrogen and oxygen atoms in total. The van der Waals surface area contributed by atoms with Gasteiger partial charge in [0.1, 0.15) is 18.0 Å². The Morgan fingerprint density at radius 1 is 1.05 bits per heavy atom. The third-order valence-electron chi connectivity index (χ3n) is 6.14. The second-order valence-corrected chi connectivity index (χ2v) is 10.4. The number of ketones is 1. The van der Waals surface area contributed by atoms with Crippen LogP contribution in [-0.2, 0) is 20.9 Å². The highest BCUT2D eigenvalue weighted by Crippen LogP contribution is 2.25. The van der Waals surface area contributed by atoms with E-state index in [9.17, 15) is 14.4 Å². The fourth-order valence-corrected chi connectivity index (χ4v) is 3.75. The molecule has 0 spiro atoms. The Morgan fingerprint density at radius 3 is 2.42 bits per heavy atom. The zero-order valence-corrected chi connectivity index (χ0v) is 22.7. The molecule has 0 bridgehead atoms. The Morgan fingerprint density at radius 2 is 1.79 bits per heavy atom. The third-order valence-corrected chi connectivity index (χ3v) is 6.14. The van der Waals surface area contributed by atoms with Gasteiger partial charge in [-0.15, -0.1) is 0 Å². The Labute approximate surface area is 224 Å². The van der Waals surface area contributed by atoms with E-state index in [0.29, 0.717) is 19.4 Å². The number of carbonyl (C=O) groups excluding carboxylic acids is 3. The molecule has 3 aromatic rings. The lowest BCUT2D eigenvalue weighted by atomic mass is 9.89. The number of hydrogen-bond acceptors (Lipinski definition) is 6. The molecule has 2 aromatic heterocycles. The maximum Gasteiger partial charge on any atom is 0.408 e. The van der Waals surface area contributed by atoms with Gasteiger partial charge in [-0.3, -0.25) is 14.3 Å². The summed E-state index contributed by atoms with van der Waals surface area (Å²) >= 11 is 0. The number of unbranched alkanes of at least 4 members (excludes halogenated alkanes) is 1. The molecule has 2 heterocycles. The van der Waals surface area contributed by atoms with Gasteiger partial charge in [-0.25, -0.2) is 9.78 Å². The van der Waals surface area contributed by atoms with Crippen molar-refractivity contribution in [2.75, 3.05) is 5.32 Å². The van der Waals surface area contributed by atoms with Gasteiger partial charge in [0, 0.05) is 23.4 Å². The van der Waals surface area contributed by atoms with Crippen molar-refractivity contribution in [3.8, 4) is 11.3 Å². The number of nitrogens with one attached hydrogen (secondary N) is 2. The topological polar surface area (TPSA) is 115 Å². The molecule has 0 aliphatic rings. The number of Topliss-reactive ketones (excluding diaryl/α,β-unsaturated/α-hetero) is 1. The van der Waals surface area contributed by atoms with Gasteiger partial charge in [-0.2, -0.15) is 5.10 Å². The van der Waals surface area contributed by atoms with E-state index >= 15 is 0 Å². The van der Waals surface area contributed by atoms with E-state index in [-0.39, 0.29) is 5.82 Å². The second kappa shape index (κ2) is 13.0. The summed E-state index contributed by atoms with van der Waals surface area (Å²) in [5, 5.41) is 9.76. The monoisotopic (exact) mass is 519 g/mol. The highest BCUT2D eigenvalue weighted by molar-refractivity contribution is 6.42. The van der Waals surface area contributed by atoms with Gasteiger partial charge in [-0.05, 0) is 31.5 Å². The first-order valence-corrected chi connectivity index (χ1v) is 12.9. The predicted molar refractivity (Wildman–Crippen MR) is 146 cm³/mol. The summed E-state index contributed by atoms with van der Waals surface area (Å²) in [4.78, 5) is 42.4. The molecule has 0 fully saturated rings. The second-order valence-electron chi connectivity index (χ2n) is 10.4. The summed E-state index contributed by atoms with van der Waals surface area (Å²) in [5.41, 5.74) is 2.59. The van der Waals surface area contributed by atoms with Crippen LogP contribution in [0, 0.1) is 12.3 Å². The quantitative estimate of drug-likeness (QED) is 0.338. The molecular formula is C29H37N5O4. The Kier molecular flexibility index (Phi) is 9.76. The molecule has 0 aliphatic heterocycles. The summed E-state index contributed by atoms with van der Waals surface area (Å²) < 4.78 is 7.55. The number of carbonyl (C=O) groups is 3. The van der Waals surface area contributed by atoms with Crippen LogP contribution in [0.1, 0.15) is 52.5 Å². The van der Waals surface area contributed by atoms with Crippen molar-refractivity contribution in [1.29, 1.82) is 0 Å². The normalized spacial score (nSPS) is 12.9. The van der Waals surface area contributed by atoms with Crippen LogP contribution in [0.5, 0.6) is 0 Å². The first kappa shape index (κ1) is 28.6. The molecule has 0 saturated heterocycles. The van der Waals surface area contributed by atoms with E-state index in [1.54, 1.807) is 22.9 Å². The zero-order chi connectivity index (χ0) is 27.7. The van der Waals surface area contributed by atoms with Gasteiger partial charge < -0.3 is 15.4 Å². The first-order valence-electron chi connectivity index (χ1n) is 12.9. The van der Waals surface area contributed by atoms with Crippen LogP contribution in [0.2, 0.25) is 0 Å². The maximum absolute atomic E-state index is 12.9. The summed E-state index contributed by atoms with van der Waals surface area (Å²) in [7, 11) is 0. The third kappa shape index (κ3) is 8.26. The molecule has 0 aliphatic carbocycles. The van der Waals surface area contributed by atoms with Crippen molar-refractivity contribution in [2.45, 2.75) is 72.6 Å². The van der Waals surface area contributed by atoms with E-state index in [1.807, 2.05) is 71.1 Å². The van der Waals surface area contributed by atoms with Crippen molar-refractivity contribution < 1.29 is 19.1 Å². The van der Waals surface area contributed by atoms with Crippen LogP contribution in [-0.4, -0.2) is 44.7 Å². The summed E-state index contributed by atoms with van der Waals surface area (Å²) in [6.07, 6.45) is 3.85. The van der Waals surface area contributed by atoms with Gasteiger partial charge in [-0.1, -0.05) is 76.4 Å². The van der Waals surface area contributed by atoms with Gasteiger partial charge in [0.25, 0.3) is 5.91 Å². The Bertz CT molecular complexity index is 1220. The Balaban J connectivity index is 1.67. The highest BCUT2D eigenvalue weighted by Gasteiger charge is 2.32. The van der Waals surface area contributed by atoms with Crippen LogP contribution in [0.4, 0.5) is 10.6 Å². The van der Waals surface area contributed by atoms with Crippen molar-refractivity contribution in [3.05, 3.63) is 66.5 Å². The molecule has 2 amide bonds. The Hall–Kier alpha value is -4.01. The number of nitrogens with zero attached hydrogens (tertiary/aromatic N) is 3. The summed E-state index contributed by atoms with van der Waals surface area (Å²) in [6.45, 7) is 10.2. The number of amides is 2. The lowest BCUT2D eigenvalue weighted by Gasteiger charge is -2.30. The smallest absolute Gasteiger partial charge is 0.408 e. The van der Waals surface area contributed by atoms with Crippen LogP contribution in [0.15, 0.2) is 60.9 Å². The minimum Gasteiger partial charge on any atom is -0.444 e.